The Balaban J connectivity index is 2.58. The fraction of sp³-hybridized carbons (Fsp3) is 0.529. The monoisotopic (exact) mass is 291 g/mol. The minimum Gasteiger partial charge on any atom is -0.481 e. The van der Waals surface area contributed by atoms with Crippen molar-refractivity contribution in [1.82, 2.24) is 0 Å². The predicted molar refractivity (Wildman–Crippen MR) is 84.4 cm³/mol. The molecule has 0 atom stereocenters. The Labute approximate surface area is 126 Å². The van der Waals surface area contributed by atoms with E-state index in [0.29, 0.717) is 19.4 Å². The molecule has 1 rings (SSSR count). The van der Waals surface area contributed by atoms with E-state index in [1.54, 1.807) is 4.90 Å². The lowest BCUT2D eigenvalue weighted by Crippen LogP contribution is -2.32. The van der Waals surface area contributed by atoms with Crippen LogP contribution in [-0.2, 0) is 9.59 Å². The average molecular weight is 291 g/mol. The molecule has 0 heterocycles. The van der Waals surface area contributed by atoms with Gasteiger partial charge in [0.05, 0.1) is 0 Å². The fourth-order valence-electron chi connectivity index (χ4n) is 2.23. The van der Waals surface area contributed by atoms with Crippen molar-refractivity contribution in [2.75, 3.05) is 11.4 Å². The van der Waals surface area contributed by atoms with Crippen LogP contribution in [-0.4, -0.2) is 23.5 Å². The minimum atomic E-state index is -0.821. The van der Waals surface area contributed by atoms with Gasteiger partial charge in [0.1, 0.15) is 0 Å². The number of carbonyl (C=O) groups is 2. The van der Waals surface area contributed by atoms with Crippen molar-refractivity contribution in [3.05, 3.63) is 30.3 Å². The average Bonchev–Trinajstić information content (AvgIpc) is 2.48. The van der Waals surface area contributed by atoms with Crippen molar-refractivity contribution in [3.8, 4) is 0 Å². The second-order valence-corrected chi connectivity index (χ2v) is 5.19. The molecule has 0 aromatic heterocycles. The zero-order valence-corrected chi connectivity index (χ0v) is 12.8. The normalized spacial score (nSPS) is 10.3. The van der Waals surface area contributed by atoms with Gasteiger partial charge >= 0.3 is 5.97 Å². The second kappa shape index (κ2) is 9.97. The number of hydrogen-bond acceptors (Lipinski definition) is 2. The number of para-hydroxylation sites is 1. The number of benzene rings is 1. The standard InChI is InChI=1S/C17H25NO3/c1-2-3-4-8-12-16(19)18(14-9-13-17(20)21)15-10-6-5-7-11-15/h5-7,10-11H,2-4,8-9,12-14H2,1H3,(H,20,21). The van der Waals surface area contributed by atoms with Crippen LogP contribution < -0.4 is 4.90 Å². The van der Waals surface area contributed by atoms with Crippen molar-refractivity contribution < 1.29 is 14.7 Å². The van der Waals surface area contributed by atoms with Crippen molar-refractivity contribution in [3.63, 3.8) is 0 Å². The van der Waals surface area contributed by atoms with Gasteiger partial charge in [-0.15, -0.1) is 0 Å². The first kappa shape index (κ1) is 17.2. The lowest BCUT2D eigenvalue weighted by molar-refractivity contribution is -0.137. The molecule has 0 aliphatic carbocycles. The van der Waals surface area contributed by atoms with E-state index in [0.717, 1.165) is 31.4 Å². The maximum Gasteiger partial charge on any atom is 0.303 e. The zero-order chi connectivity index (χ0) is 15.5. The number of carboxylic acid groups (broad SMARTS) is 1. The van der Waals surface area contributed by atoms with Gasteiger partial charge < -0.3 is 10.0 Å². The zero-order valence-electron chi connectivity index (χ0n) is 12.8. The van der Waals surface area contributed by atoms with Crippen molar-refractivity contribution in [2.45, 2.75) is 51.9 Å². The molecular formula is C17H25NO3. The number of hydrogen-bond donors (Lipinski definition) is 1. The molecule has 0 saturated heterocycles. The Morgan fingerprint density at radius 3 is 2.33 bits per heavy atom. The van der Waals surface area contributed by atoms with Crippen LogP contribution in [0, 0.1) is 0 Å². The highest BCUT2D eigenvalue weighted by molar-refractivity contribution is 5.93. The van der Waals surface area contributed by atoms with Crippen LogP contribution in [0.2, 0.25) is 0 Å². The number of rotatable bonds is 10. The Morgan fingerprint density at radius 2 is 1.71 bits per heavy atom. The smallest absolute Gasteiger partial charge is 0.303 e. The first-order valence-corrected chi connectivity index (χ1v) is 7.72. The van der Waals surface area contributed by atoms with Gasteiger partial charge in [0.25, 0.3) is 0 Å². The summed E-state index contributed by atoms with van der Waals surface area (Å²) in [6.45, 7) is 2.60. The summed E-state index contributed by atoms with van der Waals surface area (Å²) in [6.07, 6.45) is 5.36. The van der Waals surface area contributed by atoms with E-state index < -0.39 is 5.97 Å². The van der Waals surface area contributed by atoms with Crippen molar-refractivity contribution in [2.24, 2.45) is 0 Å². The Morgan fingerprint density at radius 1 is 1.00 bits per heavy atom. The first-order chi connectivity index (χ1) is 10.1. The highest BCUT2D eigenvalue weighted by Gasteiger charge is 2.15. The molecule has 0 bridgehead atoms. The third kappa shape index (κ3) is 6.93. The molecule has 0 saturated carbocycles. The molecule has 0 unspecified atom stereocenters. The number of amides is 1. The van der Waals surface area contributed by atoms with Gasteiger partial charge in [0.15, 0.2) is 0 Å². The number of carbonyl (C=O) groups excluding carboxylic acids is 1. The summed E-state index contributed by atoms with van der Waals surface area (Å²) in [5.41, 5.74) is 0.850. The number of carboxylic acids is 1. The van der Waals surface area contributed by atoms with Crippen molar-refractivity contribution >= 4 is 17.6 Å². The van der Waals surface area contributed by atoms with E-state index in [-0.39, 0.29) is 12.3 Å². The second-order valence-electron chi connectivity index (χ2n) is 5.19. The molecule has 0 aliphatic rings. The summed E-state index contributed by atoms with van der Waals surface area (Å²) < 4.78 is 0. The molecule has 0 fully saturated rings. The molecule has 1 N–H and O–H groups in total. The van der Waals surface area contributed by atoms with Gasteiger partial charge in [-0.05, 0) is 25.0 Å². The van der Waals surface area contributed by atoms with Crippen molar-refractivity contribution in [1.29, 1.82) is 0 Å². The summed E-state index contributed by atoms with van der Waals surface area (Å²) in [6, 6.07) is 9.48. The highest BCUT2D eigenvalue weighted by atomic mass is 16.4. The van der Waals surface area contributed by atoms with Gasteiger partial charge in [-0.25, -0.2) is 0 Å². The van der Waals surface area contributed by atoms with Crippen LogP contribution in [0.5, 0.6) is 0 Å². The third-order valence-electron chi connectivity index (χ3n) is 3.39. The van der Waals surface area contributed by atoms with E-state index >= 15 is 0 Å². The summed E-state index contributed by atoms with van der Waals surface area (Å²) in [5.74, 6) is -0.735. The van der Waals surface area contributed by atoms with Gasteiger partial charge in [-0.1, -0.05) is 44.4 Å². The van der Waals surface area contributed by atoms with Gasteiger partial charge in [-0.3, -0.25) is 9.59 Å². The van der Waals surface area contributed by atoms with Gasteiger partial charge in [0, 0.05) is 25.1 Å². The SMILES string of the molecule is CCCCCCC(=O)N(CCCC(=O)O)c1ccccc1. The Bertz CT molecular complexity index is 431. The molecule has 116 valence electrons. The molecule has 1 aromatic rings. The maximum atomic E-state index is 12.4. The highest BCUT2D eigenvalue weighted by Crippen LogP contribution is 2.17. The predicted octanol–water partition coefficient (Wildman–Crippen LogP) is 3.85. The summed E-state index contributed by atoms with van der Waals surface area (Å²) in [4.78, 5) is 24.7. The topological polar surface area (TPSA) is 57.6 Å². The van der Waals surface area contributed by atoms with E-state index in [4.69, 9.17) is 5.11 Å². The van der Waals surface area contributed by atoms with Crippen LogP contribution >= 0.6 is 0 Å². The summed E-state index contributed by atoms with van der Waals surface area (Å²) in [7, 11) is 0. The van der Waals surface area contributed by atoms with Crippen LogP contribution in [0.4, 0.5) is 5.69 Å². The van der Waals surface area contributed by atoms with Gasteiger partial charge in [-0.2, -0.15) is 0 Å². The van der Waals surface area contributed by atoms with E-state index in [9.17, 15) is 9.59 Å². The lowest BCUT2D eigenvalue weighted by Gasteiger charge is -2.22. The largest absolute Gasteiger partial charge is 0.481 e. The molecular weight excluding hydrogens is 266 g/mol. The molecule has 21 heavy (non-hydrogen) atoms. The summed E-state index contributed by atoms with van der Waals surface area (Å²) in [5, 5.41) is 8.73. The molecule has 0 spiro atoms. The molecule has 0 aliphatic heterocycles. The summed E-state index contributed by atoms with van der Waals surface area (Å²) >= 11 is 0. The number of unbranched alkanes of at least 4 members (excludes halogenated alkanes) is 3. The van der Waals surface area contributed by atoms with Gasteiger partial charge in [0.2, 0.25) is 5.91 Å². The minimum absolute atomic E-state index is 0.0858. The number of aliphatic carboxylic acids is 1. The Kier molecular flexibility index (Phi) is 8.17. The number of anilines is 1. The van der Waals surface area contributed by atoms with Crippen LogP contribution in [0.15, 0.2) is 30.3 Å². The lowest BCUT2D eigenvalue weighted by atomic mass is 10.1. The third-order valence-corrected chi connectivity index (χ3v) is 3.39. The molecule has 4 nitrogen and oxygen atoms in total. The van der Waals surface area contributed by atoms with E-state index in [2.05, 4.69) is 6.92 Å². The first-order valence-electron chi connectivity index (χ1n) is 7.72. The van der Waals surface area contributed by atoms with Crippen LogP contribution in [0.3, 0.4) is 0 Å². The van der Waals surface area contributed by atoms with Crippen LogP contribution in [0.25, 0.3) is 0 Å². The number of nitrogens with zero attached hydrogens (tertiary/aromatic N) is 1. The molecule has 0 radical (unpaired) electrons. The maximum absolute atomic E-state index is 12.4. The van der Waals surface area contributed by atoms with E-state index in [1.807, 2.05) is 30.3 Å². The fourth-order valence-corrected chi connectivity index (χ4v) is 2.23. The molecule has 4 heteroatoms. The van der Waals surface area contributed by atoms with E-state index in [1.165, 1.54) is 0 Å². The molecule has 1 aromatic carbocycles. The van der Waals surface area contributed by atoms with Crippen LogP contribution in [0.1, 0.15) is 51.9 Å². The quantitative estimate of drug-likeness (QED) is 0.666. The molecule has 1 amide bonds. The Hall–Kier alpha value is -1.84.